The summed E-state index contributed by atoms with van der Waals surface area (Å²) in [4.78, 5) is 0. The monoisotopic (exact) mass is 166 g/mol. The van der Waals surface area contributed by atoms with E-state index in [0.717, 1.165) is 0 Å². The Kier molecular flexibility index (Phi) is 1.82. The molecule has 2 atom stereocenters. The lowest BCUT2D eigenvalue weighted by Gasteiger charge is -2.36. The van der Waals surface area contributed by atoms with Crippen LogP contribution in [-0.2, 0) is 0 Å². The van der Waals surface area contributed by atoms with Crippen LogP contribution in [-0.4, -0.2) is 12.0 Å². The third-order valence-corrected chi connectivity index (χ3v) is 2.09. The van der Waals surface area contributed by atoms with Crippen LogP contribution in [0, 0.1) is 17.2 Å². The molecule has 11 heavy (non-hydrogen) atoms. The predicted octanol–water partition coefficient (Wildman–Crippen LogP) is 1.51. The maximum atomic E-state index is 12.0. The molecule has 64 valence electrons. The van der Waals surface area contributed by atoms with Crippen molar-refractivity contribution in [2.75, 3.05) is 0 Å². The molecular weight excluding hydrogens is 157 g/mol. The van der Waals surface area contributed by atoms with E-state index in [0.29, 0.717) is 6.42 Å². The Morgan fingerprint density at radius 3 is 2.00 bits per heavy atom. The van der Waals surface area contributed by atoms with E-state index in [4.69, 9.17) is 11.1 Å². The van der Waals surface area contributed by atoms with Gasteiger partial charge in [-0.2, -0.15) is 13.2 Å². The smallest absolute Gasteiger partial charge is 0.387 e. The summed E-state index contributed by atoms with van der Waals surface area (Å²) < 4.78 is 35.9. The molecule has 2 nitrogen and oxygen atoms in total. The lowest BCUT2D eigenvalue weighted by Crippen LogP contribution is -2.44. The molecule has 0 amide bonds. The third kappa shape index (κ3) is 1.46. The van der Waals surface area contributed by atoms with Crippen molar-refractivity contribution >= 4 is 5.84 Å². The van der Waals surface area contributed by atoms with E-state index < -0.39 is 18.0 Å². The minimum Gasteiger partial charge on any atom is -0.387 e. The maximum Gasteiger partial charge on any atom is 0.392 e. The van der Waals surface area contributed by atoms with Gasteiger partial charge in [0.15, 0.2) is 0 Å². The molecule has 0 radical (unpaired) electrons. The minimum absolute atomic E-state index is 0.119. The Hall–Kier alpha value is -0.740. The molecule has 0 aliphatic heterocycles. The van der Waals surface area contributed by atoms with Gasteiger partial charge < -0.3 is 5.73 Å². The first-order chi connectivity index (χ1) is 4.93. The molecule has 0 aromatic heterocycles. The highest BCUT2D eigenvalue weighted by molar-refractivity contribution is 5.80. The molecule has 1 fully saturated rings. The van der Waals surface area contributed by atoms with Gasteiger partial charge in [-0.15, -0.1) is 0 Å². The van der Waals surface area contributed by atoms with Crippen LogP contribution < -0.4 is 5.73 Å². The highest BCUT2D eigenvalue weighted by Gasteiger charge is 2.50. The van der Waals surface area contributed by atoms with Crippen molar-refractivity contribution in [1.82, 2.24) is 0 Å². The zero-order valence-corrected chi connectivity index (χ0v) is 5.78. The standard InChI is InChI=1S/C6H9F3N2/c7-6(8,9)4-2-1-3(4)5(10)11/h3-4H,1-2H2,(H3,10,11). The summed E-state index contributed by atoms with van der Waals surface area (Å²) in [5.74, 6) is -2.45. The predicted molar refractivity (Wildman–Crippen MR) is 34.2 cm³/mol. The molecule has 0 bridgehead atoms. The van der Waals surface area contributed by atoms with Crippen LogP contribution in [0.2, 0.25) is 0 Å². The fourth-order valence-corrected chi connectivity index (χ4v) is 1.26. The normalized spacial score (nSPS) is 31.2. The Labute approximate surface area is 62.1 Å². The van der Waals surface area contributed by atoms with E-state index >= 15 is 0 Å². The second kappa shape index (κ2) is 2.39. The number of nitrogens with two attached hydrogens (primary N) is 1. The van der Waals surface area contributed by atoms with Gasteiger partial charge in [-0.05, 0) is 12.8 Å². The van der Waals surface area contributed by atoms with Crippen LogP contribution in [0.15, 0.2) is 0 Å². The molecule has 3 N–H and O–H groups in total. The van der Waals surface area contributed by atoms with E-state index in [1.54, 1.807) is 0 Å². The van der Waals surface area contributed by atoms with Crippen molar-refractivity contribution < 1.29 is 13.2 Å². The summed E-state index contributed by atoms with van der Waals surface area (Å²) in [6, 6.07) is 0. The van der Waals surface area contributed by atoms with Crippen molar-refractivity contribution in [3.63, 3.8) is 0 Å². The minimum atomic E-state index is -4.17. The van der Waals surface area contributed by atoms with Crippen molar-refractivity contribution in [1.29, 1.82) is 5.41 Å². The van der Waals surface area contributed by atoms with Gasteiger partial charge in [0.05, 0.1) is 11.8 Å². The summed E-state index contributed by atoms with van der Waals surface area (Å²) >= 11 is 0. The number of nitrogens with one attached hydrogen (secondary N) is 1. The van der Waals surface area contributed by atoms with Crippen molar-refractivity contribution in [2.45, 2.75) is 19.0 Å². The van der Waals surface area contributed by atoms with Gasteiger partial charge in [0, 0.05) is 5.92 Å². The number of hydrogen-bond acceptors (Lipinski definition) is 1. The number of alkyl halides is 3. The third-order valence-electron chi connectivity index (χ3n) is 2.09. The van der Waals surface area contributed by atoms with Crippen molar-refractivity contribution in [3.8, 4) is 0 Å². The maximum absolute atomic E-state index is 12.0. The molecule has 2 unspecified atom stereocenters. The van der Waals surface area contributed by atoms with Gasteiger partial charge in [0.25, 0.3) is 0 Å². The Balaban J connectivity index is 2.57. The quantitative estimate of drug-likeness (QED) is 0.450. The van der Waals surface area contributed by atoms with E-state index in [1.165, 1.54) is 0 Å². The number of halogens is 3. The molecule has 1 aliphatic carbocycles. The number of rotatable bonds is 1. The van der Waals surface area contributed by atoms with Gasteiger partial charge in [0.1, 0.15) is 0 Å². The first-order valence-corrected chi connectivity index (χ1v) is 3.33. The van der Waals surface area contributed by atoms with Crippen LogP contribution in [0.5, 0.6) is 0 Å². The molecule has 0 aromatic rings. The first-order valence-electron chi connectivity index (χ1n) is 3.33. The van der Waals surface area contributed by atoms with Crippen LogP contribution in [0.3, 0.4) is 0 Å². The SMILES string of the molecule is N=C(N)C1CCC1C(F)(F)F. The van der Waals surface area contributed by atoms with E-state index in [2.05, 4.69) is 0 Å². The summed E-state index contributed by atoms with van der Waals surface area (Å²) in [6.07, 6.45) is -3.65. The van der Waals surface area contributed by atoms with Crippen LogP contribution in [0.1, 0.15) is 12.8 Å². The molecule has 0 saturated heterocycles. The van der Waals surface area contributed by atoms with Crippen molar-refractivity contribution in [2.24, 2.45) is 17.6 Å². The largest absolute Gasteiger partial charge is 0.392 e. The molecular formula is C6H9F3N2. The highest BCUT2D eigenvalue weighted by Crippen LogP contribution is 2.45. The summed E-state index contributed by atoms with van der Waals surface area (Å²) in [5, 5.41) is 6.84. The molecule has 1 aliphatic rings. The van der Waals surface area contributed by atoms with E-state index in [-0.39, 0.29) is 12.3 Å². The number of amidine groups is 1. The van der Waals surface area contributed by atoms with Crippen LogP contribution in [0.4, 0.5) is 13.2 Å². The topological polar surface area (TPSA) is 49.9 Å². The second-order valence-corrected chi connectivity index (χ2v) is 2.79. The molecule has 0 heterocycles. The lowest BCUT2D eigenvalue weighted by molar-refractivity contribution is -0.203. The Morgan fingerprint density at radius 1 is 1.36 bits per heavy atom. The zero-order valence-electron chi connectivity index (χ0n) is 5.78. The van der Waals surface area contributed by atoms with Gasteiger partial charge in [-0.25, -0.2) is 0 Å². The van der Waals surface area contributed by atoms with E-state index in [9.17, 15) is 13.2 Å². The molecule has 0 spiro atoms. The molecule has 5 heteroatoms. The van der Waals surface area contributed by atoms with Gasteiger partial charge in [0.2, 0.25) is 0 Å². The average Bonchev–Trinajstić information content (AvgIpc) is 1.51. The first kappa shape index (κ1) is 8.36. The van der Waals surface area contributed by atoms with Crippen molar-refractivity contribution in [3.05, 3.63) is 0 Å². The molecule has 0 aromatic carbocycles. The summed E-state index contributed by atoms with van der Waals surface area (Å²) in [7, 11) is 0. The van der Waals surface area contributed by atoms with Gasteiger partial charge in [-0.3, -0.25) is 5.41 Å². The fraction of sp³-hybridized carbons (Fsp3) is 0.833. The Morgan fingerprint density at radius 2 is 1.91 bits per heavy atom. The van der Waals surface area contributed by atoms with Crippen LogP contribution >= 0.6 is 0 Å². The molecule has 1 saturated carbocycles. The van der Waals surface area contributed by atoms with Crippen LogP contribution in [0.25, 0.3) is 0 Å². The highest BCUT2D eigenvalue weighted by atomic mass is 19.4. The Bertz CT molecular complexity index is 175. The lowest BCUT2D eigenvalue weighted by atomic mass is 9.72. The fourth-order valence-electron chi connectivity index (χ4n) is 1.26. The summed E-state index contributed by atoms with van der Waals surface area (Å²) in [5.41, 5.74) is 4.97. The van der Waals surface area contributed by atoms with E-state index in [1.807, 2.05) is 0 Å². The second-order valence-electron chi connectivity index (χ2n) is 2.79. The summed E-state index contributed by atoms with van der Waals surface area (Å²) in [6.45, 7) is 0. The number of hydrogen-bond donors (Lipinski definition) is 2. The molecule has 1 rings (SSSR count). The van der Waals surface area contributed by atoms with Gasteiger partial charge in [-0.1, -0.05) is 0 Å². The zero-order chi connectivity index (χ0) is 8.65. The van der Waals surface area contributed by atoms with Gasteiger partial charge >= 0.3 is 6.18 Å². The average molecular weight is 166 g/mol.